The molecule has 0 radical (unpaired) electrons. The lowest BCUT2D eigenvalue weighted by atomic mass is 10.1. The molecule has 0 aliphatic carbocycles. The van der Waals surface area contributed by atoms with Gasteiger partial charge < -0.3 is 10.6 Å². The molecule has 0 amide bonds. The first-order valence-corrected chi connectivity index (χ1v) is 5.54. The summed E-state index contributed by atoms with van der Waals surface area (Å²) in [5, 5.41) is 6.71. The van der Waals surface area contributed by atoms with Crippen molar-refractivity contribution >= 4 is 0 Å². The van der Waals surface area contributed by atoms with E-state index in [2.05, 4.69) is 10.6 Å². The average molecular weight is 208 g/mol. The van der Waals surface area contributed by atoms with Crippen molar-refractivity contribution in [3.63, 3.8) is 0 Å². The summed E-state index contributed by atoms with van der Waals surface area (Å²) in [6.07, 6.45) is 2.39. The molecule has 1 aliphatic rings. The van der Waals surface area contributed by atoms with E-state index in [1.165, 1.54) is 18.9 Å². The minimum Gasteiger partial charge on any atom is -0.315 e. The molecule has 1 aromatic rings. The zero-order valence-electron chi connectivity index (χ0n) is 8.80. The summed E-state index contributed by atoms with van der Waals surface area (Å²) in [7, 11) is 0. The van der Waals surface area contributed by atoms with Crippen molar-refractivity contribution in [3.8, 4) is 0 Å². The van der Waals surface area contributed by atoms with Gasteiger partial charge in [0.15, 0.2) is 0 Å². The molecule has 82 valence electrons. The minimum atomic E-state index is -0.117. The van der Waals surface area contributed by atoms with Gasteiger partial charge in [-0.25, -0.2) is 4.39 Å². The molecule has 3 heteroatoms. The fraction of sp³-hybridized carbons (Fsp3) is 0.500. The van der Waals surface area contributed by atoms with Crippen molar-refractivity contribution in [2.45, 2.75) is 25.4 Å². The van der Waals surface area contributed by atoms with E-state index < -0.39 is 0 Å². The lowest BCUT2D eigenvalue weighted by molar-refractivity contribution is 0.386. The van der Waals surface area contributed by atoms with Crippen molar-refractivity contribution in [2.24, 2.45) is 0 Å². The molecule has 0 bridgehead atoms. The van der Waals surface area contributed by atoms with Crippen LogP contribution in [0.4, 0.5) is 4.39 Å². The Hall–Kier alpha value is -0.930. The highest BCUT2D eigenvalue weighted by atomic mass is 19.1. The van der Waals surface area contributed by atoms with Gasteiger partial charge in [0.25, 0.3) is 0 Å². The number of rotatable bonds is 3. The zero-order chi connectivity index (χ0) is 10.5. The first-order chi connectivity index (χ1) is 7.36. The number of nitrogens with one attached hydrogen (secondary N) is 2. The summed E-state index contributed by atoms with van der Waals surface area (Å²) < 4.78 is 13.3. The fourth-order valence-electron chi connectivity index (χ4n) is 1.92. The van der Waals surface area contributed by atoms with Crippen LogP contribution in [0, 0.1) is 5.82 Å². The van der Waals surface area contributed by atoms with E-state index in [1.54, 1.807) is 6.07 Å². The standard InChI is InChI=1S/C12H17FN2/c13-12-6-2-1-4-10(12)8-15-11-5-3-7-14-9-11/h1-2,4,6,11,14-15H,3,5,7-9H2. The number of piperidine rings is 1. The predicted octanol–water partition coefficient (Wildman–Crippen LogP) is 1.67. The molecule has 1 unspecified atom stereocenters. The Labute approximate surface area is 89.9 Å². The Morgan fingerprint density at radius 3 is 3.00 bits per heavy atom. The van der Waals surface area contributed by atoms with Gasteiger partial charge >= 0.3 is 0 Å². The lowest BCUT2D eigenvalue weighted by Crippen LogP contribution is -2.42. The third kappa shape index (κ3) is 3.01. The summed E-state index contributed by atoms with van der Waals surface area (Å²) >= 11 is 0. The number of halogens is 1. The van der Waals surface area contributed by atoms with Gasteiger partial charge in [-0.15, -0.1) is 0 Å². The van der Waals surface area contributed by atoms with Gasteiger partial charge in [-0.3, -0.25) is 0 Å². The van der Waals surface area contributed by atoms with Crippen LogP contribution in [-0.4, -0.2) is 19.1 Å². The van der Waals surface area contributed by atoms with E-state index >= 15 is 0 Å². The van der Waals surface area contributed by atoms with Crippen LogP contribution in [-0.2, 0) is 6.54 Å². The van der Waals surface area contributed by atoms with Crippen LogP contribution >= 0.6 is 0 Å². The monoisotopic (exact) mass is 208 g/mol. The topological polar surface area (TPSA) is 24.1 Å². The Morgan fingerprint density at radius 2 is 2.27 bits per heavy atom. The maximum absolute atomic E-state index is 13.3. The maximum atomic E-state index is 13.3. The van der Waals surface area contributed by atoms with Gasteiger partial charge in [-0.1, -0.05) is 18.2 Å². The van der Waals surface area contributed by atoms with Crippen LogP contribution in [0.2, 0.25) is 0 Å². The van der Waals surface area contributed by atoms with E-state index in [0.717, 1.165) is 18.7 Å². The van der Waals surface area contributed by atoms with E-state index in [0.29, 0.717) is 12.6 Å². The van der Waals surface area contributed by atoms with E-state index in [-0.39, 0.29) is 5.82 Å². The van der Waals surface area contributed by atoms with Gasteiger partial charge in [-0.2, -0.15) is 0 Å². The number of hydrogen-bond acceptors (Lipinski definition) is 2. The summed E-state index contributed by atoms with van der Waals surface area (Å²) in [5.74, 6) is -0.117. The smallest absolute Gasteiger partial charge is 0.127 e. The normalized spacial score (nSPS) is 21.5. The van der Waals surface area contributed by atoms with Crippen LogP contribution in [0.5, 0.6) is 0 Å². The molecule has 2 rings (SSSR count). The van der Waals surface area contributed by atoms with Gasteiger partial charge in [-0.05, 0) is 25.5 Å². The molecule has 2 N–H and O–H groups in total. The molecule has 2 nitrogen and oxygen atoms in total. The highest BCUT2D eigenvalue weighted by Gasteiger charge is 2.12. The van der Waals surface area contributed by atoms with Gasteiger partial charge in [0, 0.05) is 24.7 Å². The number of benzene rings is 1. The van der Waals surface area contributed by atoms with E-state index in [4.69, 9.17) is 0 Å². The Bertz CT molecular complexity index is 308. The van der Waals surface area contributed by atoms with Gasteiger partial charge in [0.1, 0.15) is 5.82 Å². The number of hydrogen-bond donors (Lipinski definition) is 2. The molecule has 0 spiro atoms. The van der Waals surface area contributed by atoms with Crippen molar-refractivity contribution in [1.29, 1.82) is 0 Å². The molecule has 15 heavy (non-hydrogen) atoms. The quantitative estimate of drug-likeness (QED) is 0.789. The van der Waals surface area contributed by atoms with Gasteiger partial charge in [0.05, 0.1) is 0 Å². The molecule has 0 aromatic heterocycles. The first-order valence-electron chi connectivity index (χ1n) is 5.54. The molecular formula is C12H17FN2. The van der Waals surface area contributed by atoms with E-state index in [1.807, 2.05) is 12.1 Å². The molecule has 1 heterocycles. The molecule has 1 atom stereocenters. The average Bonchev–Trinajstić information content (AvgIpc) is 2.29. The third-order valence-corrected chi connectivity index (χ3v) is 2.84. The maximum Gasteiger partial charge on any atom is 0.127 e. The van der Waals surface area contributed by atoms with Crippen molar-refractivity contribution < 1.29 is 4.39 Å². The Balaban J connectivity index is 1.84. The van der Waals surface area contributed by atoms with Crippen molar-refractivity contribution in [2.75, 3.05) is 13.1 Å². The summed E-state index contributed by atoms with van der Waals surface area (Å²) in [5.41, 5.74) is 0.753. The molecule has 0 saturated carbocycles. The second-order valence-electron chi connectivity index (χ2n) is 4.02. The largest absolute Gasteiger partial charge is 0.315 e. The molecule has 1 saturated heterocycles. The predicted molar refractivity (Wildman–Crippen MR) is 59.1 cm³/mol. The highest BCUT2D eigenvalue weighted by molar-refractivity contribution is 5.17. The van der Waals surface area contributed by atoms with Crippen LogP contribution in [0.1, 0.15) is 18.4 Å². The van der Waals surface area contributed by atoms with Gasteiger partial charge in [0.2, 0.25) is 0 Å². The summed E-state index contributed by atoms with van der Waals surface area (Å²) in [6, 6.07) is 7.42. The van der Waals surface area contributed by atoms with E-state index in [9.17, 15) is 4.39 Å². The SMILES string of the molecule is Fc1ccccc1CNC1CCCNC1. The second-order valence-corrected chi connectivity index (χ2v) is 4.02. The second kappa shape index (κ2) is 5.24. The molecule has 1 fully saturated rings. The lowest BCUT2D eigenvalue weighted by Gasteiger charge is -2.23. The van der Waals surface area contributed by atoms with Crippen LogP contribution in [0.25, 0.3) is 0 Å². The molecule has 1 aliphatic heterocycles. The van der Waals surface area contributed by atoms with Crippen molar-refractivity contribution in [3.05, 3.63) is 35.6 Å². The summed E-state index contributed by atoms with van der Waals surface area (Å²) in [4.78, 5) is 0. The Kier molecular flexibility index (Phi) is 3.69. The summed E-state index contributed by atoms with van der Waals surface area (Å²) in [6.45, 7) is 2.73. The van der Waals surface area contributed by atoms with Crippen LogP contribution in [0.3, 0.4) is 0 Å². The van der Waals surface area contributed by atoms with Crippen LogP contribution < -0.4 is 10.6 Å². The molecule has 1 aromatic carbocycles. The van der Waals surface area contributed by atoms with Crippen molar-refractivity contribution in [1.82, 2.24) is 10.6 Å². The van der Waals surface area contributed by atoms with Crippen LogP contribution in [0.15, 0.2) is 24.3 Å². The highest BCUT2D eigenvalue weighted by Crippen LogP contribution is 2.07. The third-order valence-electron chi connectivity index (χ3n) is 2.84. The Morgan fingerprint density at radius 1 is 1.40 bits per heavy atom. The fourth-order valence-corrected chi connectivity index (χ4v) is 1.92. The molecular weight excluding hydrogens is 191 g/mol. The minimum absolute atomic E-state index is 0.117. The first kappa shape index (κ1) is 10.6. The zero-order valence-corrected chi connectivity index (χ0v) is 8.80.